The highest BCUT2D eigenvalue weighted by atomic mass is 16.5. The van der Waals surface area contributed by atoms with E-state index in [0.717, 1.165) is 5.69 Å². The van der Waals surface area contributed by atoms with E-state index in [1.54, 1.807) is 29.2 Å². The third-order valence-electron chi connectivity index (χ3n) is 5.32. The molecule has 2 aliphatic heterocycles. The topological polar surface area (TPSA) is 99.1 Å². The number of hydrogen-bond acceptors (Lipinski definition) is 5. The molecule has 27 heavy (non-hydrogen) atoms. The first kappa shape index (κ1) is 19.5. The fraction of sp³-hybridized carbons (Fsp3) is 0.500. The Kier molecular flexibility index (Phi) is 5.37. The number of fused-ring (bicyclic) bond motifs is 2. The molecule has 1 aromatic rings. The summed E-state index contributed by atoms with van der Waals surface area (Å²) >= 11 is 0. The Bertz CT molecular complexity index is 763. The molecule has 1 saturated heterocycles. The van der Waals surface area contributed by atoms with Gasteiger partial charge in [-0.1, -0.05) is 13.0 Å². The second-order valence-electron chi connectivity index (χ2n) is 7.23. The van der Waals surface area contributed by atoms with Gasteiger partial charge in [-0.25, -0.2) is 0 Å². The van der Waals surface area contributed by atoms with Crippen molar-refractivity contribution in [1.82, 2.24) is 0 Å². The molecule has 146 valence electrons. The summed E-state index contributed by atoms with van der Waals surface area (Å²) in [5, 5.41) is 21.4. The van der Waals surface area contributed by atoms with Gasteiger partial charge in [0.05, 0.1) is 11.8 Å². The number of carbonyl (C=O) groups is 2. The van der Waals surface area contributed by atoms with Crippen LogP contribution in [0.5, 0.6) is 0 Å². The first-order chi connectivity index (χ1) is 12.8. The van der Waals surface area contributed by atoms with Gasteiger partial charge in [0.2, 0.25) is 0 Å². The molecule has 1 fully saturated rings. The lowest BCUT2D eigenvalue weighted by molar-refractivity contribution is -0.146. The third kappa shape index (κ3) is 3.16. The fourth-order valence-corrected chi connectivity index (χ4v) is 4.03. The van der Waals surface area contributed by atoms with Gasteiger partial charge in [0, 0.05) is 30.3 Å². The molecule has 0 bridgehead atoms. The lowest BCUT2D eigenvalue weighted by Gasteiger charge is -2.28. The fourth-order valence-electron chi connectivity index (χ4n) is 4.03. The van der Waals surface area contributed by atoms with Gasteiger partial charge in [-0.05, 0) is 38.0 Å². The lowest BCUT2D eigenvalue weighted by atomic mass is 9.83. The van der Waals surface area contributed by atoms with Crippen LogP contribution >= 0.6 is 0 Å². The molecule has 2 aliphatic rings. The zero-order valence-corrected chi connectivity index (χ0v) is 15.6. The standard InChI is InChI=1S/C20H26N2O5/c1-4-8-22-17-6-5-14(21-18(25)13(3)24)11-16(17)20(19(22)26)12(2)10-15(27-20)7-9-23/h4-6,11-13,15,23-24H,1,7-10H2,2-3H3,(H,21,25)/t12-,13+,15+,20+/m1/s1. The lowest BCUT2D eigenvalue weighted by Crippen LogP contribution is -2.44. The van der Waals surface area contributed by atoms with Crippen LogP contribution in [0.3, 0.4) is 0 Å². The Morgan fingerprint density at radius 3 is 2.93 bits per heavy atom. The summed E-state index contributed by atoms with van der Waals surface area (Å²) in [7, 11) is 0. The van der Waals surface area contributed by atoms with E-state index in [0.29, 0.717) is 30.6 Å². The van der Waals surface area contributed by atoms with Crippen molar-refractivity contribution in [2.45, 2.75) is 44.5 Å². The molecule has 3 N–H and O–H groups in total. The van der Waals surface area contributed by atoms with Crippen molar-refractivity contribution in [1.29, 1.82) is 0 Å². The van der Waals surface area contributed by atoms with E-state index < -0.39 is 17.6 Å². The van der Waals surface area contributed by atoms with Crippen molar-refractivity contribution in [3.8, 4) is 0 Å². The van der Waals surface area contributed by atoms with E-state index in [9.17, 15) is 19.8 Å². The molecule has 4 atom stereocenters. The van der Waals surface area contributed by atoms with Gasteiger partial charge < -0.3 is 25.2 Å². The Labute approximate surface area is 158 Å². The van der Waals surface area contributed by atoms with Crippen LogP contribution in [0.25, 0.3) is 0 Å². The zero-order chi connectivity index (χ0) is 19.8. The summed E-state index contributed by atoms with van der Waals surface area (Å²) in [6, 6.07) is 5.22. The number of amides is 2. The van der Waals surface area contributed by atoms with Gasteiger partial charge in [0.1, 0.15) is 6.10 Å². The number of nitrogens with zero attached hydrogens (tertiary/aromatic N) is 1. The van der Waals surface area contributed by atoms with E-state index in [4.69, 9.17) is 4.74 Å². The van der Waals surface area contributed by atoms with Gasteiger partial charge in [0.15, 0.2) is 5.60 Å². The van der Waals surface area contributed by atoms with Gasteiger partial charge in [0.25, 0.3) is 11.8 Å². The molecule has 2 heterocycles. The van der Waals surface area contributed by atoms with Crippen LogP contribution in [0, 0.1) is 5.92 Å². The van der Waals surface area contributed by atoms with E-state index in [1.165, 1.54) is 6.92 Å². The highest BCUT2D eigenvalue weighted by Crippen LogP contribution is 2.54. The van der Waals surface area contributed by atoms with Crippen molar-refractivity contribution >= 4 is 23.2 Å². The molecule has 1 spiro atoms. The van der Waals surface area contributed by atoms with Crippen molar-refractivity contribution < 1.29 is 24.5 Å². The number of aliphatic hydroxyl groups is 2. The number of aliphatic hydroxyl groups excluding tert-OH is 2. The maximum absolute atomic E-state index is 13.3. The minimum Gasteiger partial charge on any atom is -0.396 e. The van der Waals surface area contributed by atoms with Gasteiger partial charge in [-0.3, -0.25) is 9.59 Å². The highest BCUT2D eigenvalue weighted by molar-refractivity contribution is 6.08. The summed E-state index contributed by atoms with van der Waals surface area (Å²) < 4.78 is 6.24. The first-order valence-electron chi connectivity index (χ1n) is 9.20. The van der Waals surface area contributed by atoms with Crippen LogP contribution < -0.4 is 10.2 Å². The SMILES string of the molecule is C=CCN1C(=O)[C@@]2(O[C@@H](CCO)C[C@H]2C)c2cc(NC(=O)[C@H](C)O)ccc21. The molecule has 0 unspecified atom stereocenters. The number of rotatable bonds is 6. The molecular weight excluding hydrogens is 348 g/mol. The van der Waals surface area contributed by atoms with Crippen LogP contribution in [-0.2, 0) is 19.9 Å². The van der Waals surface area contributed by atoms with Crippen molar-refractivity contribution in [3.05, 3.63) is 36.4 Å². The molecule has 3 rings (SSSR count). The van der Waals surface area contributed by atoms with Crippen molar-refractivity contribution in [2.24, 2.45) is 5.92 Å². The van der Waals surface area contributed by atoms with Gasteiger partial charge >= 0.3 is 0 Å². The third-order valence-corrected chi connectivity index (χ3v) is 5.32. The quantitative estimate of drug-likeness (QED) is 0.656. The molecule has 0 aliphatic carbocycles. The molecule has 7 heteroatoms. The van der Waals surface area contributed by atoms with Crippen LogP contribution in [-0.4, -0.2) is 47.4 Å². The Morgan fingerprint density at radius 1 is 1.56 bits per heavy atom. The van der Waals surface area contributed by atoms with E-state index in [-0.39, 0.29) is 24.5 Å². The predicted molar refractivity (Wildman–Crippen MR) is 101 cm³/mol. The molecule has 7 nitrogen and oxygen atoms in total. The molecule has 2 amide bonds. The largest absolute Gasteiger partial charge is 0.396 e. The summed E-state index contributed by atoms with van der Waals surface area (Å²) in [5.41, 5.74) is 0.787. The molecule has 1 aromatic carbocycles. The monoisotopic (exact) mass is 374 g/mol. The van der Waals surface area contributed by atoms with Crippen molar-refractivity contribution in [3.63, 3.8) is 0 Å². The average molecular weight is 374 g/mol. The van der Waals surface area contributed by atoms with Gasteiger partial charge in [-0.15, -0.1) is 6.58 Å². The normalized spacial score (nSPS) is 27.7. The summed E-state index contributed by atoms with van der Waals surface area (Å²) in [5.74, 6) is -0.753. The maximum atomic E-state index is 13.3. The Hall–Kier alpha value is -2.22. The summed E-state index contributed by atoms with van der Waals surface area (Å²) in [4.78, 5) is 26.8. The van der Waals surface area contributed by atoms with Crippen LogP contribution in [0.4, 0.5) is 11.4 Å². The first-order valence-corrected chi connectivity index (χ1v) is 9.20. The second kappa shape index (κ2) is 7.42. The smallest absolute Gasteiger partial charge is 0.264 e. The maximum Gasteiger partial charge on any atom is 0.264 e. The highest BCUT2D eigenvalue weighted by Gasteiger charge is 2.59. The Morgan fingerprint density at radius 2 is 2.30 bits per heavy atom. The van der Waals surface area contributed by atoms with Crippen molar-refractivity contribution in [2.75, 3.05) is 23.4 Å². The molecule has 0 radical (unpaired) electrons. The average Bonchev–Trinajstić information content (AvgIpc) is 3.06. The number of anilines is 2. The van der Waals surface area contributed by atoms with Crippen LogP contribution in [0.2, 0.25) is 0 Å². The Balaban J connectivity index is 2.05. The number of hydrogen-bond donors (Lipinski definition) is 3. The molecule has 0 saturated carbocycles. The zero-order valence-electron chi connectivity index (χ0n) is 15.6. The predicted octanol–water partition coefficient (Wildman–Crippen LogP) is 1.54. The number of carbonyl (C=O) groups excluding carboxylic acids is 2. The minimum absolute atomic E-state index is 0.00459. The van der Waals surface area contributed by atoms with Crippen LogP contribution in [0.15, 0.2) is 30.9 Å². The van der Waals surface area contributed by atoms with Crippen LogP contribution in [0.1, 0.15) is 32.3 Å². The second-order valence-corrected chi connectivity index (χ2v) is 7.23. The number of ether oxygens (including phenoxy) is 1. The number of nitrogens with one attached hydrogen (secondary N) is 1. The molecule has 0 aromatic heterocycles. The summed E-state index contributed by atoms with van der Waals surface area (Å²) in [6.45, 7) is 7.44. The summed E-state index contributed by atoms with van der Waals surface area (Å²) in [6.07, 6.45) is 1.45. The minimum atomic E-state index is -1.14. The molecular formula is C20H26N2O5. The van der Waals surface area contributed by atoms with E-state index in [1.807, 2.05) is 6.92 Å². The van der Waals surface area contributed by atoms with E-state index >= 15 is 0 Å². The van der Waals surface area contributed by atoms with E-state index in [2.05, 4.69) is 11.9 Å². The van der Waals surface area contributed by atoms with Gasteiger partial charge in [-0.2, -0.15) is 0 Å². The number of benzene rings is 1.